The van der Waals surface area contributed by atoms with Gasteiger partial charge in [-0.1, -0.05) is 6.07 Å². The number of anilines is 2. The SMILES string of the molecule is Cc1cc(F)ccc1Nc1nc2ccc(CC(=O)[O-])c(F)c2o1. The molecule has 0 aliphatic rings. The van der Waals surface area contributed by atoms with Gasteiger partial charge in [-0.2, -0.15) is 4.98 Å². The van der Waals surface area contributed by atoms with E-state index in [9.17, 15) is 18.7 Å². The second-order valence-electron chi connectivity index (χ2n) is 5.04. The van der Waals surface area contributed by atoms with Crippen molar-refractivity contribution in [3.05, 3.63) is 53.1 Å². The Morgan fingerprint density at radius 3 is 2.78 bits per heavy atom. The van der Waals surface area contributed by atoms with Crippen LogP contribution in [0.5, 0.6) is 0 Å². The topological polar surface area (TPSA) is 78.2 Å². The lowest BCUT2D eigenvalue weighted by molar-refractivity contribution is -0.304. The summed E-state index contributed by atoms with van der Waals surface area (Å²) in [6.45, 7) is 1.70. The maximum Gasteiger partial charge on any atom is 0.300 e. The standard InChI is InChI=1S/C16H12F2N2O3/c1-8-6-10(17)3-5-11(8)19-16-20-12-4-2-9(7-13(21)22)14(18)15(12)23-16/h2-6H,7H2,1H3,(H,19,20)(H,21,22)/p-1. The number of aryl methyl sites for hydroxylation is 1. The van der Waals surface area contributed by atoms with E-state index in [2.05, 4.69) is 10.3 Å². The largest absolute Gasteiger partial charge is 0.550 e. The number of carbonyl (C=O) groups excluding carboxylic acids is 1. The zero-order valence-electron chi connectivity index (χ0n) is 12.0. The van der Waals surface area contributed by atoms with E-state index in [0.29, 0.717) is 11.3 Å². The van der Waals surface area contributed by atoms with E-state index in [1.54, 1.807) is 6.92 Å². The number of aromatic nitrogens is 1. The van der Waals surface area contributed by atoms with E-state index in [-0.39, 0.29) is 28.5 Å². The van der Waals surface area contributed by atoms with Crippen molar-refractivity contribution in [1.82, 2.24) is 4.98 Å². The summed E-state index contributed by atoms with van der Waals surface area (Å²) >= 11 is 0. The Labute approximate surface area is 129 Å². The zero-order valence-corrected chi connectivity index (χ0v) is 12.0. The van der Waals surface area contributed by atoms with E-state index in [0.717, 1.165) is 0 Å². The number of carboxylic acid groups (broad SMARTS) is 1. The number of halogens is 2. The lowest BCUT2D eigenvalue weighted by atomic mass is 10.1. The van der Waals surface area contributed by atoms with Gasteiger partial charge in [-0.15, -0.1) is 0 Å². The molecule has 0 spiro atoms. The first-order valence-electron chi connectivity index (χ1n) is 6.75. The molecule has 0 amide bonds. The normalized spacial score (nSPS) is 10.9. The molecule has 7 heteroatoms. The predicted molar refractivity (Wildman–Crippen MR) is 77.1 cm³/mol. The number of hydrogen-bond acceptors (Lipinski definition) is 5. The van der Waals surface area contributed by atoms with E-state index in [1.807, 2.05) is 0 Å². The highest BCUT2D eigenvalue weighted by molar-refractivity contribution is 5.79. The monoisotopic (exact) mass is 317 g/mol. The molecule has 0 saturated carbocycles. The van der Waals surface area contributed by atoms with Crippen molar-refractivity contribution in [3.8, 4) is 0 Å². The second kappa shape index (κ2) is 5.68. The molecule has 0 atom stereocenters. The molecule has 0 unspecified atom stereocenters. The van der Waals surface area contributed by atoms with E-state index in [1.165, 1.54) is 30.3 Å². The first-order chi connectivity index (χ1) is 10.9. The second-order valence-corrected chi connectivity index (χ2v) is 5.04. The number of carbonyl (C=O) groups is 1. The average Bonchev–Trinajstić information content (AvgIpc) is 2.88. The van der Waals surface area contributed by atoms with Gasteiger partial charge in [-0.3, -0.25) is 0 Å². The van der Waals surface area contributed by atoms with Gasteiger partial charge in [0, 0.05) is 18.1 Å². The number of oxazole rings is 1. The van der Waals surface area contributed by atoms with Gasteiger partial charge in [0.1, 0.15) is 11.3 Å². The Hall–Kier alpha value is -2.96. The molecule has 0 aliphatic heterocycles. The lowest BCUT2D eigenvalue weighted by Gasteiger charge is -2.05. The van der Waals surface area contributed by atoms with Crippen LogP contribution in [-0.2, 0) is 11.2 Å². The number of rotatable bonds is 4. The van der Waals surface area contributed by atoms with Gasteiger partial charge >= 0.3 is 0 Å². The molecule has 118 valence electrons. The van der Waals surface area contributed by atoms with Crippen LogP contribution in [0.25, 0.3) is 11.1 Å². The van der Waals surface area contributed by atoms with Gasteiger partial charge in [0.15, 0.2) is 11.4 Å². The molecular weight excluding hydrogens is 306 g/mol. The van der Waals surface area contributed by atoms with Gasteiger partial charge in [-0.05, 0) is 42.3 Å². The molecular formula is C16H11F2N2O3-. The Kier molecular flexibility index (Phi) is 3.69. The molecule has 5 nitrogen and oxygen atoms in total. The van der Waals surface area contributed by atoms with Crippen LogP contribution in [0.2, 0.25) is 0 Å². The Bertz CT molecular complexity index is 906. The van der Waals surface area contributed by atoms with Gasteiger partial charge in [0.05, 0.1) is 0 Å². The fraction of sp³-hybridized carbons (Fsp3) is 0.125. The van der Waals surface area contributed by atoms with Crippen LogP contribution in [0.1, 0.15) is 11.1 Å². The van der Waals surface area contributed by atoms with Gasteiger partial charge < -0.3 is 19.6 Å². The molecule has 0 saturated heterocycles. The van der Waals surface area contributed by atoms with Crippen molar-refractivity contribution in [1.29, 1.82) is 0 Å². The van der Waals surface area contributed by atoms with E-state index >= 15 is 0 Å². The van der Waals surface area contributed by atoms with Crippen molar-refractivity contribution in [2.75, 3.05) is 5.32 Å². The average molecular weight is 317 g/mol. The maximum atomic E-state index is 14.2. The van der Waals surface area contributed by atoms with Crippen LogP contribution in [0.3, 0.4) is 0 Å². The van der Waals surface area contributed by atoms with Crippen molar-refractivity contribution < 1.29 is 23.1 Å². The number of hydrogen-bond donors (Lipinski definition) is 1. The van der Waals surface area contributed by atoms with Crippen LogP contribution in [0.4, 0.5) is 20.5 Å². The summed E-state index contributed by atoms with van der Waals surface area (Å²) in [6.07, 6.45) is -0.553. The minimum atomic E-state index is -1.39. The van der Waals surface area contributed by atoms with Gasteiger partial charge in [-0.25, -0.2) is 8.78 Å². The van der Waals surface area contributed by atoms with Gasteiger partial charge in [0.2, 0.25) is 0 Å². The first-order valence-corrected chi connectivity index (χ1v) is 6.75. The molecule has 1 heterocycles. The van der Waals surface area contributed by atoms with Crippen molar-refractivity contribution >= 4 is 28.8 Å². The number of nitrogens with one attached hydrogen (secondary N) is 1. The Morgan fingerprint density at radius 1 is 1.30 bits per heavy atom. The minimum absolute atomic E-state index is 0.0270. The molecule has 3 rings (SSSR count). The molecule has 2 aromatic carbocycles. The maximum absolute atomic E-state index is 14.2. The molecule has 3 aromatic rings. The van der Waals surface area contributed by atoms with Crippen LogP contribution in [0.15, 0.2) is 34.7 Å². The third-order valence-electron chi connectivity index (χ3n) is 3.34. The highest BCUT2D eigenvalue weighted by Crippen LogP contribution is 2.27. The summed E-state index contributed by atoms with van der Waals surface area (Å²) in [5.41, 5.74) is 1.25. The molecule has 0 aliphatic carbocycles. The number of benzene rings is 2. The quantitative estimate of drug-likeness (QED) is 0.799. The fourth-order valence-corrected chi connectivity index (χ4v) is 2.23. The third kappa shape index (κ3) is 2.98. The number of carboxylic acids is 1. The summed E-state index contributed by atoms with van der Waals surface area (Å²) < 4.78 is 32.6. The van der Waals surface area contributed by atoms with Crippen LogP contribution in [-0.4, -0.2) is 11.0 Å². The van der Waals surface area contributed by atoms with E-state index < -0.39 is 18.2 Å². The number of nitrogens with zero attached hydrogens (tertiary/aromatic N) is 1. The zero-order chi connectivity index (χ0) is 16.6. The summed E-state index contributed by atoms with van der Waals surface area (Å²) in [5.74, 6) is -2.55. The first kappa shape index (κ1) is 15.0. The Balaban J connectivity index is 1.96. The predicted octanol–water partition coefficient (Wildman–Crippen LogP) is 2.45. The minimum Gasteiger partial charge on any atom is -0.550 e. The lowest BCUT2D eigenvalue weighted by Crippen LogP contribution is -2.24. The number of fused-ring (bicyclic) bond motifs is 1. The fourth-order valence-electron chi connectivity index (χ4n) is 2.23. The highest BCUT2D eigenvalue weighted by Gasteiger charge is 2.15. The summed E-state index contributed by atoms with van der Waals surface area (Å²) in [5, 5.41) is 13.4. The molecule has 0 fully saturated rings. The molecule has 0 bridgehead atoms. The van der Waals surface area contributed by atoms with Crippen LogP contribution >= 0.6 is 0 Å². The van der Waals surface area contributed by atoms with Crippen LogP contribution < -0.4 is 10.4 Å². The van der Waals surface area contributed by atoms with Gasteiger partial charge in [0.25, 0.3) is 6.01 Å². The van der Waals surface area contributed by atoms with E-state index in [4.69, 9.17) is 4.42 Å². The Morgan fingerprint density at radius 2 is 2.09 bits per heavy atom. The molecule has 1 aromatic heterocycles. The van der Waals surface area contributed by atoms with Crippen molar-refractivity contribution in [2.45, 2.75) is 13.3 Å². The smallest absolute Gasteiger partial charge is 0.300 e. The molecule has 1 N–H and O–H groups in total. The van der Waals surface area contributed by atoms with Crippen LogP contribution in [0, 0.1) is 18.6 Å². The third-order valence-corrected chi connectivity index (χ3v) is 3.34. The molecule has 23 heavy (non-hydrogen) atoms. The highest BCUT2D eigenvalue weighted by atomic mass is 19.1. The van der Waals surface area contributed by atoms with Crippen molar-refractivity contribution in [3.63, 3.8) is 0 Å². The van der Waals surface area contributed by atoms with Crippen molar-refractivity contribution in [2.24, 2.45) is 0 Å². The summed E-state index contributed by atoms with van der Waals surface area (Å²) in [7, 11) is 0. The number of aliphatic carboxylic acids is 1. The summed E-state index contributed by atoms with van der Waals surface area (Å²) in [6, 6.07) is 6.93. The molecule has 0 radical (unpaired) electrons. The summed E-state index contributed by atoms with van der Waals surface area (Å²) in [4.78, 5) is 14.7.